The van der Waals surface area contributed by atoms with Gasteiger partial charge in [-0.05, 0) is 68.3 Å². The summed E-state index contributed by atoms with van der Waals surface area (Å²) < 4.78 is 23.3. The van der Waals surface area contributed by atoms with Gasteiger partial charge in [-0.3, -0.25) is 9.69 Å². The van der Waals surface area contributed by atoms with Crippen molar-refractivity contribution in [1.29, 1.82) is 0 Å². The van der Waals surface area contributed by atoms with Gasteiger partial charge in [0.05, 0.1) is 19.1 Å². The van der Waals surface area contributed by atoms with Crippen molar-refractivity contribution in [1.82, 2.24) is 4.90 Å². The van der Waals surface area contributed by atoms with Crippen LogP contribution in [-0.4, -0.2) is 42.7 Å². The van der Waals surface area contributed by atoms with Crippen LogP contribution in [0.1, 0.15) is 44.4 Å². The molecule has 1 atom stereocenters. The SMILES string of the molecule is CC(C)(C)OC(=O)CCN1CCOC(c2ccc(Oc3ccc(OCc4ccccc4)cc3)cc2)C1. The van der Waals surface area contributed by atoms with Gasteiger partial charge < -0.3 is 18.9 Å². The Morgan fingerprint density at radius 2 is 1.56 bits per heavy atom. The maximum absolute atomic E-state index is 12.0. The Morgan fingerprint density at radius 3 is 2.22 bits per heavy atom. The molecule has 4 rings (SSSR count). The molecule has 1 saturated heterocycles. The van der Waals surface area contributed by atoms with Gasteiger partial charge in [0, 0.05) is 19.6 Å². The van der Waals surface area contributed by atoms with E-state index >= 15 is 0 Å². The van der Waals surface area contributed by atoms with Crippen molar-refractivity contribution in [2.45, 2.75) is 45.5 Å². The third kappa shape index (κ3) is 8.11. The van der Waals surface area contributed by atoms with Crippen molar-refractivity contribution >= 4 is 5.97 Å². The summed E-state index contributed by atoms with van der Waals surface area (Å²) in [6.45, 7) is 9.05. The van der Waals surface area contributed by atoms with Gasteiger partial charge in [0.2, 0.25) is 0 Å². The summed E-state index contributed by atoms with van der Waals surface area (Å²) in [6.07, 6.45) is 0.347. The monoisotopic (exact) mass is 489 g/mol. The van der Waals surface area contributed by atoms with Gasteiger partial charge in [-0.2, -0.15) is 0 Å². The highest BCUT2D eigenvalue weighted by molar-refractivity contribution is 5.70. The van der Waals surface area contributed by atoms with Crippen molar-refractivity contribution in [3.63, 3.8) is 0 Å². The molecule has 1 aliphatic rings. The van der Waals surface area contributed by atoms with E-state index in [2.05, 4.69) is 4.90 Å². The van der Waals surface area contributed by atoms with Crippen LogP contribution in [0.5, 0.6) is 17.2 Å². The molecule has 1 unspecified atom stereocenters. The Hall–Kier alpha value is -3.35. The predicted molar refractivity (Wildman–Crippen MR) is 139 cm³/mol. The third-order valence-electron chi connectivity index (χ3n) is 5.76. The molecule has 1 aliphatic heterocycles. The minimum Gasteiger partial charge on any atom is -0.489 e. The normalized spacial score (nSPS) is 16.4. The second-order valence-electron chi connectivity index (χ2n) is 9.91. The van der Waals surface area contributed by atoms with E-state index in [0.717, 1.165) is 41.5 Å². The lowest BCUT2D eigenvalue weighted by atomic mass is 10.1. The average molecular weight is 490 g/mol. The lowest BCUT2D eigenvalue weighted by Crippen LogP contribution is -2.39. The molecule has 6 nitrogen and oxygen atoms in total. The fourth-order valence-electron chi connectivity index (χ4n) is 3.98. The van der Waals surface area contributed by atoms with E-state index in [4.69, 9.17) is 18.9 Å². The van der Waals surface area contributed by atoms with Crippen LogP contribution in [0.4, 0.5) is 0 Å². The van der Waals surface area contributed by atoms with E-state index in [9.17, 15) is 4.79 Å². The van der Waals surface area contributed by atoms with Crippen molar-refractivity contribution in [2.24, 2.45) is 0 Å². The molecule has 0 radical (unpaired) electrons. The van der Waals surface area contributed by atoms with Gasteiger partial charge >= 0.3 is 5.97 Å². The maximum Gasteiger partial charge on any atom is 0.307 e. The van der Waals surface area contributed by atoms with E-state index < -0.39 is 5.60 Å². The Morgan fingerprint density at radius 1 is 0.917 bits per heavy atom. The fraction of sp³-hybridized carbons (Fsp3) is 0.367. The first kappa shape index (κ1) is 25.7. The highest BCUT2D eigenvalue weighted by atomic mass is 16.6. The molecule has 3 aromatic carbocycles. The number of benzene rings is 3. The first-order chi connectivity index (χ1) is 17.3. The van der Waals surface area contributed by atoms with Gasteiger partial charge in [-0.15, -0.1) is 0 Å². The zero-order valence-corrected chi connectivity index (χ0v) is 21.3. The smallest absolute Gasteiger partial charge is 0.307 e. The van der Waals surface area contributed by atoms with Gasteiger partial charge in [0.25, 0.3) is 0 Å². The van der Waals surface area contributed by atoms with E-state index in [1.807, 2.05) is 99.6 Å². The van der Waals surface area contributed by atoms with Crippen LogP contribution in [0.15, 0.2) is 78.9 Å². The molecule has 0 saturated carbocycles. The molecule has 0 N–H and O–H groups in total. The second-order valence-corrected chi connectivity index (χ2v) is 9.91. The van der Waals surface area contributed by atoms with Crippen LogP contribution in [0.3, 0.4) is 0 Å². The van der Waals surface area contributed by atoms with Crippen LogP contribution in [0.2, 0.25) is 0 Å². The number of carbonyl (C=O) groups excluding carboxylic acids is 1. The van der Waals surface area contributed by atoms with Gasteiger partial charge in [0.15, 0.2) is 0 Å². The Labute approximate surface area is 213 Å². The van der Waals surface area contributed by atoms with Crippen molar-refractivity contribution < 1.29 is 23.7 Å². The van der Waals surface area contributed by atoms with Gasteiger partial charge in [0.1, 0.15) is 29.5 Å². The fourth-order valence-corrected chi connectivity index (χ4v) is 3.98. The molecule has 36 heavy (non-hydrogen) atoms. The number of ether oxygens (including phenoxy) is 4. The van der Waals surface area contributed by atoms with E-state index in [1.54, 1.807) is 0 Å². The van der Waals surface area contributed by atoms with Crippen LogP contribution >= 0.6 is 0 Å². The molecule has 0 spiro atoms. The predicted octanol–water partition coefficient (Wildman–Crippen LogP) is 6.16. The van der Waals surface area contributed by atoms with Crippen LogP contribution in [-0.2, 0) is 20.9 Å². The standard InChI is InChI=1S/C30H35NO5/c1-30(2,3)36-29(32)17-18-31-19-20-33-28(21-31)24-9-11-26(12-10-24)35-27-15-13-25(14-16-27)34-22-23-7-5-4-6-8-23/h4-16,28H,17-22H2,1-3H3. The Kier molecular flexibility index (Phi) is 8.62. The summed E-state index contributed by atoms with van der Waals surface area (Å²) in [4.78, 5) is 14.3. The lowest BCUT2D eigenvalue weighted by molar-refractivity contribution is -0.155. The number of rotatable bonds is 9. The number of esters is 1. The summed E-state index contributed by atoms with van der Waals surface area (Å²) in [7, 11) is 0. The topological polar surface area (TPSA) is 57.2 Å². The molecular formula is C30H35NO5. The van der Waals surface area contributed by atoms with Crippen molar-refractivity contribution in [2.75, 3.05) is 26.2 Å². The van der Waals surface area contributed by atoms with E-state index in [1.165, 1.54) is 0 Å². The summed E-state index contributed by atoms with van der Waals surface area (Å²) in [5.74, 6) is 2.14. The zero-order chi connectivity index (χ0) is 25.4. The molecule has 3 aromatic rings. The van der Waals surface area contributed by atoms with Crippen LogP contribution in [0, 0.1) is 0 Å². The minimum atomic E-state index is -0.452. The molecule has 0 aliphatic carbocycles. The number of carbonyl (C=O) groups is 1. The van der Waals surface area contributed by atoms with E-state index in [0.29, 0.717) is 26.2 Å². The first-order valence-corrected chi connectivity index (χ1v) is 12.4. The van der Waals surface area contributed by atoms with Crippen molar-refractivity contribution in [3.8, 4) is 17.2 Å². The van der Waals surface area contributed by atoms with Gasteiger partial charge in [-0.25, -0.2) is 0 Å². The second kappa shape index (κ2) is 12.1. The Balaban J connectivity index is 1.25. The summed E-state index contributed by atoms with van der Waals surface area (Å²) >= 11 is 0. The quantitative estimate of drug-likeness (QED) is 0.336. The molecule has 0 amide bonds. The highest BCUT2D eigenvalue weighted by Crippen LogP contribution is 2.28. The summed E-state index contributed by atoms with van der Waals surface area (Å²) in [6, 6.07) is 25.7. The number of nitrogens with zero attached hydrogens (tertiary/aromatic N) is 1. The molecule has 0 bridgehead atoms. The number of hydrogen-bond donors (Lipinski definition) is 0. The average Bonchev–Trinajstić information content (AvgIpc) is 2.87. The summed E-state index contributed by atoms with van der Waals surface area (Å²) in [5, 5.41) is 0. The van der Waals surface area contributed by atoms with Crippen molar-refractivity contribution in [3.05, 3.63) is 90.0 Å². The molecule has 6 heteroatoms. The zero-order valence-electron chi connectivity index (χ0n) is 21.3. The molecular weight excluding hydrogens is 454 g/mol. The molecule has 1 fully saturated rings. The van der Waals surface area contributed by atoms with Crippen LogP contribution < -0.4 is 9.47 Å². The first-order valence-electron chi connectivity index (χ1n) is 12.4. The van der Waals surface area contributed by atoms with E-state index in [-0.39, 0.29) is 12.1 Å². The largest absolute Gasteiger partial charge is 0.489 e. The Bertz CT molecular complexity index is 1090. The number of hydrogen-bond acceptors (Lipinski definition) is 6. The maximum atomic E-state index is 12.0. The number of morpholine rings is 1. The summed E-state index contributed by atoms with van der Waals surface area (Å²) in [5.41, 5.74) is 1.77. The molecule has 1 heterocycles. The highest BCUT2D eigenvalue weighted by Gasteiger charge is 2.23. The third-order valence-corrected chi connectivity index (χ3v) is 5.76. The molecule has 190 valence electrons. The lowest BCUT2D eigenvalue weighted by Gasteiger charge is -2.33. The molecule has 0 aromatic heterocycles. The van der Waals surface area contributed by atoms with Crippen LogP contribution in [0.25, 0.3) is 0 Å². The van der Waals surface area contributed by atoms with Gasteiger partial charge in [-0.1, -0.05) is 42.5 Å². The minimum absolute atomic E-state index is 0.0347.